The van der Waals surface area contributed by atoms with Crippen LogP contribution in [0.3, 0.4) is 0 Å². The van der Waals surface area contributed by atoms with Crippen LogP contribution in [-0.4, -0.2) is 22.5 Å². The topological polar surface area (TPSA) is 103 Å². The van der Waals surface area contributed by atoms with Crippen LogP contribution < -0.4 is 0 Å². The Kier molecular flexibility index (Phi) is 5.40. The Morgan fingerprint density at radius 1 is 1.39 bits per heavy atom. The smallest absolute Gasteiger partial charge is 0.305 e. The molecule has 0 fully saturated rings. The lowest BCUT2D eigenvalue weighted by Crippen LogP contribution is -2.03. The molecule has 0 radical (unpaired) electrons. The Morgan fingerprint density at radius 2 is 2.17 bits per heavy atom. The second-order valence-electron chi connectivity index (χ2n) is 3.64. The molecule has 1 rings (SSSR count). The lowest BCUT2D eigenvalue weighted by molar-refractivity contribution is -0.143. The number of nitriles is 2. The van der Waals surface area contributed by atoms with Crippen molar-refractivity contribution in [2.24, 2.45) is 0 Å². The third-order valence-electron chi connectivity index (χ3n) is 2.32. The Balaban J connectivity index is 2.37. The van der Waals surface area contributed by atoms with Gasteiger partial charge in [0.1, 0.15) is 18.0 Å². The number of H-pyrrole nitrogens is 1. The minimum absolute atomic E-state index is 0.123. The van der Waals surface area contributed by atoms with E-state index in [4.69, 9.17) is 15.3 Å². The van der Waals surface area contributed by atoms with Gasteiger partial charge in [0.2, 0.25) is 0 Å². The first-order valence-corrected chi connectivity index (χ1v) is 5.76. The van der Waals surface area contributed by atoms with E-state index in [2.05, 4.69) is 9.97 Å². The highest BCUT2D eigenvalue weighted by atomic mass is 16.5. The molecule has 0 aliphatic rings. The quantitative estimate of drug-likeness (QED) is 0.604. The average molecular weight is 246 g/mol. The van der Waals surface area contributed by atoms with Crippen LogP contribution in [0.25, 0.3) is 0 Å². The van der Waals surface area contributed by atoms with E-state index in [0.29, 0.717) is 31.7 Å². The number of rotatable bonds is 6. The summed E-state index contributed by atoms with van der Waals surface area (Å²) in [6.45, 7) is 2.17. The maximum Gasteiger partial charge on any atom is 0.305 e. The van der Waals surface area contributed by atoms with E-state index in [1.807, 2.05) is 12.1 Å². The van der Waals surface area contributed by atoms with Crippen LogP contribution in [0, 0.1) is 22.7 Å². The molecular formula is C12H14N4O2. The van der Waals surface area contributed by atoms with E-state index >= 15 is 0 Å². The molecule has 0 spiro atoms. The van der Waals surface area contributed by atoms with Crippen molar-refractivity contribution in [3.63, 3.8) is 0 Å². The lowest BCUT2D eigenvalue weighted by atomic mass is 10.2. The highest BCUT2D eigenvalue weighted by molar-refractivity contribution is 5.69. The number of esters is 1. The zero-order valence-electron chi connectivity index (χ0n) is 10.2. The van der Waals surface area contributed by atoms with Crippen molar-refractivity contribution < 1.29 is 9.53 Å². The van der Waals surface area contributed by atoms with Crippen molar-refractivity contribution >= 4 is 5.97 Å². The van der Waals surface area contributed by atoms with Crippen molar-refractivity contribution in [1.82, 2.24) is 9.97 Å². The fraction of sp³-hybridized carbons (Fsp3) is 0.500. The number of aryl methyl sites for hydroxylation is 1. The molecule has 0 unspecified atom stereocenters. The number of aromatic amines is 1. The predicted molar refractivity (Wildman–Crippen MR) is 62.2 cm³/mol. The summed E-state index contributed by atoms with van der Waals surface area (Å²) in [5.41, 5.74) is 0.316. The van der Waals surface area contributed by atoms with Crippen LogP contribution >= 0.6 is 0 Å². The minimum atomic E-state index is -0.202. The van der Waals surface area contributed by atoms with Gasteiger partial charge in [-0.3, -0.25) is 4.79 Å². The normalized spacial score (nSPS) is 9.50. The first-order chi connectivity index (χ1) is 8.71. The van der Waals surface area contributed by atoms with Gasteiger partial charge in [0.05, 0.1) is 6.61 Å². The van der Waals surface area contributed by atoms with Gasteiger partial charge in [-0.05, 0) is 19.8 Å². The van der Waals surface area contributed by atoms with Crippen LogP contribution in [0.15, 0.2) is 0 Å². The summed E-state index contributed by atoms with van der Waals surface area (Å²) in [6.07, 6.45) is 2.44. The molecule has 0 saturated heterocycles. The zero-order valence-corrected chi connectivity index (χ0v) is 10.2. The number of hydrogen-bond donors (Lipinski definition) is 1. The summed E-state index contributed by atoms with van der Waals surface area (Å²) in [5, 5.41) is 17.5. The standard InChI is InChI=1S/C12H14N4O2/c1-2-18-12(17)6-4-3-5-11-15-9(7-13)10(8-14)16-11/h2-6H2,1H3,(H,15,16). The van der Waals surface area contributed by atoms with Gasteiger partial charge in [-0.15, -0.1) is 0 Å². The third-order valence-corrected chi connectivity index (χ3v) is 2.32. The molecule has 94 valence electrons. The molecule has 0 aromatic carbocycles. The number of aromatic nitrogens is 2. The molecule has 18 heavy (non-hydrogen) atoms. The molecule has 6 nitrogen and oxygen atoms in total. The Morgan fingerprint density at radius 3 is 2.72 bits per heavy atom. The predicted octanol–water partition coefficient (Wildman–Crippen LogP) is 1.43. The van der Waals surface area contributed by atoms with Gasteiger partial charge in [-0.2, -0.15) is 10.5 Å². The molecule has 1 aromatic rings. The molecular weight excluding hydrogens is 232 g/mol. The Hall–Kier alpha value is -2.34. The van der Waals surface area contributed by atoms with Gasteiger partial charge in [0, 0.05) is 12.8 Å². The van der Waals surface area contributed by atoms with Crippen molar-refractivity contribution in [1.29, 1.82) is 10.5 Å². The Labute approximate surface area is 105 Å². The summed E-state index contributed by atoms with van der Waals surface area (Å²) in [7, 11) is 0. The van der Waals surface area contributed by atoms with E-state index in [0.717, 1.165) is 6.42 Å². The first-order valence-electron chi connectivity index (χ1n) is 5.76. The highest BCUT2D eigenvalue weighted by Gasteiger charge is 2.09. The number of nitrogens with one attached hydrogen (secondary N) is 1. The lowest BCUT2D eigenvalue weighted by Gasteiger charge is -2.00. The number of carbonyl (C=O) groups is 1. The second kappa shape index (κ2) is 7.08. The van der Waals surface area contributed by atoms with Crippen LogP contribution in [0.2, 0.25) is 0 Å². The first kappa shape index (κ1) is 13.7. The summed E-state index contributed by atoms with van der Waals surface area (Å²) in [5.74, 6) is 0.402. The van der Waals surface area contributed by atoms with Gasteiger partial charge in [0.25, 0.3) is 0 Å². The highest BCUT2D eigenvalue weighted by Crippen LogP contribution is 2.08. The van der Waals surface area contributed by atoms with Crippen LogP contribution in [0.5, 0.6) is 0 Å². The van der Waals surface area contributed by atoms with Crippen LogP contribution in [0.4, 0.5) is 0 Å². The van der Waals surface area contributed by atoms with Gasteiger partial charge >= 0.3 is 5.97 Å². The van der Waals surface area contributed by atoms with Crippen molar-refractivity contribution in [2.45, 2.75) is 32.6 Å². The summed E-state index contributed by atoms with van der Waals surface area (Å²) < 4.78 is 4.80. The van der Waals surface area contributed by atoms with Crippen molar-refractivity contribution in [3.8, 4) is 12.1 Å². The number of ether oxygens (including phenoxy) is 1. The zero-order chi connectivity index (χ0) is 13.4. The second-order valence-corrected chi connectivity index (χ2v) is 3.64. The molecule has 0 bridgehead atoms. The molecule has 1 N–H and O–H groups in total. The van der Waals surface area contributed by atoms with Gasteiger partial charge in [-0.1, -0.05) is 0 Å². The van der Waals surface area contributed by atoms with Crippen LogP contribution in [-0.2, 0) is 16.0 Å². The van der Waals surface area contributed by atoms with E-state index in [1.165, 1.54) is 0 Å². The molecule has 6 heteroatoms. The monoisotopic (exact) mass is 246 g/mol. The molecule has 0 saturated carbocycles. The molecule has 0 aliphatic heterocycles. The van der Waals surface area contributed by atoms with E-state index in [-0.39, 0.29) is 17.4 Å². The van der Waals surface area contributed by atoms with E-state index in [1.54, 1.807) is 6.92 Å². The molecule has 0 atom stereocenters. The molecule has 0 aliphatic carbocycles. The van der Waals surface area contributed by atoms with Crippen LogP contribution in [0.1, 0.15) is 43.4 Å². The number of imidazole rings is 1. The van der Waals surface area contributed by atoms with E-state index < -0.39 is 0 Å². The van der Waals surface area contributed by atoms with Gasteiger partial charge in [0.15, 0.2) is 11.4 Å². The van der Waals surface area contributed by atoms with Crippen molar-refractivity contribution in [2.75, 3.05) is 6.61 Å². The molecule has 1 heterocycles. The largest absolute Gasteiger partial charge is 0.466 e. The Bertz CT molecular complexity index is 462. The fourth-order valence-corrected chi connectivity index (χ4v) is 1.50. The SMILES string of the molecule is CCOC(=O)CCCCc1nc(C#N)c(C#N)[nH]1. The number of nitrogens with zero attached hydrogens (tertiary/aromatic N) is 3. The summed E-state index contributed by atoms with van der Waals surface area (Å²) in [6, 6.07) is 3.73. The third kappa shape index (κ3) is 3.91. The molecule has 1 aromatic heterocycles. The minimum Gasteiger partial charge on any atom is -0.466 e. The maximum atomic E-state index is 11.1. The summed E-state index contributed by atoms with van der Waals surface area (Å²) in [4.78, 5) is 17.9. The number of carbonyl (C=O) groups excluding carboxylic acids is 1. The fourth-order valence-electron chi connectivity index (χ4n) is 1.50. The van der Waals surface area contributed by atoms with Gasteiger partial charge in [-0.25, -0.2) is 4.98 Å². The van der Waals surface area contributed by atoms with E-state index in [9.17, 15) is 4.79 Å². The average Bonchev–Trinajstić information content (AvgIpc) is 2.77. The number of unbranched alkanes of at least 4 members (excludes halogenated alkanes) is 1. The van der Waals surface area contributed by atoms with Gasteiger partial charge < -0.3 is 9.72 Å². The number of hydrogen-bond acceptors (Lipinski definition) is 5. The molecule has 0 amide bonds. The van der Waals surface area contributed by atoms with Crippen molar-refractivity contribution in [3.05, 3.63) is 17.2 Å². The summed E-state index contributed by atoms with van der Waals surface area (Å²) >= 11 is 0. The maximum absolute atomic E-state index is 11.1.